The van der Waals surface area contributed by atoms with Crippen LogP contribution in [0, 0.1) is 5.92 Å². The summed E-state index contributed by atoms with van der Waals surface area (Å²) in [5.74, 6) is 0.0311. The third-order valence-electron chi connectivity index (χ3n) is 3.90. The number of rotatable bonds is 4. The van der Waals surface area contributed by atoms with Crippen molar-refractivity contribution in [1.29, 1.82) is 0 Å². The van der Waals surface area contributed by atoms with E-state index in [1.54, 1.807) is 17.1 Å². The molecule has 1 atom stereocenters. The highest BCUT2D eigenvalue weighted by Crippen LogP contribution is 2.19. The Bertz CT molecular complexity index is 605. The number of anilines is 1. The summed E-state index contributed by atoms with van der Waals surface area (Å²) in [5, 5.41) is 10.5. The predicted octanol–water partition coefficient (Wildman–Crippen LogP) is 0.960. The summed E-state index contributed by atoms with van der Waals surface area (Å²) in [7, 11) is 0. The SMILES string of the molecule is NC(C(=O)Nc1ccc(-n2ccnn2)cc1)C1CCOCC1. The van der Waals surface area contributed by atoms with Gasteiger partial charge < -0.3 is 15.8 Å². The van der Waals surface area contributed by atoms with Crippen LogP contribution in [0.15, 0.2) is 36.7 Å². The number of carbonyl (C=O) groups is 1. The number of amides is 1. The van der Waals surface area contributed by atoms with Gasteiger partial charge in [0.25, 0.3) is 0 Å². The first-order valence-electron chi connectivity index (χ1n) is 7.35. The van der Waals surface area contributed by atoms with E-state index < -0.39 is 6.04 Å². The van der Waals surface area contributed by atoms with Crippen molar-refractivity contribution in [2.24, 2.45) is 11.7 Å². The Kier molecular flexibility index (Phi) is 4.45. The fourth-order valence-electron chi connectivity index (χ4n) is 2.56. The van der Waals surface area contributed by atoms with Gasteiger partial charge in [0.05, 0.1) is 24.1 Å². The van der Waals surface area contributed by atoms with Crippen LogP contribution in [0.2, 0.25) is 0 Å². The molecule has 1 saturated heterocycles. The number of nitrogens with zero attached hydrogens (tertiary/aromatic N) is 3. The van der Waals surface area contributed by atoms with Gasteiger partial charge in [0.1, 0.15) is 0 Å². The van der Waals surface area contributed by atoms with Gasteiger partial charge in [-0.1, -0.05) is 5.21 Å². The second kappa shape index (κ2) is 6.67. The maximum atomic E-state index is 12.2. The van der Waals surface area contributed by atoms with Crippen molar-refractivity contribution in [3.05, 3.63) is 36.7 Å². The van der Waals surface area contributed by atoms with E-state index in [4.69, 9.17) is 10.5 Å². The first kappa shape index (κ1) is 14.7. The van der Waals surface area contributed by atoms with Crippen LogP contribution in [-0.4, -0.2) is 40.2 Å². The number of aromatic nitrogens is 3. The average Bonchev–Trinajstić information content (AvgIpc) is 3.10. The summed E-state index contributed by atoms with van der Waals surface area (Å²) >= 11 is 0. The zero-order chi connectivity index (χ0) is 15.4. The molecule has 7 nitrogen and oxygen atoms in total. The first-order valence-corrected chi connectivity index (χ1v) is 7.35. The van der Waals surface area contributed by atoms with E-state index in [1.807, 2.05) is 24.3 Å². The molecule has 116 valence electrons. The van der Waals surface area contributed by atoms with Crippen LogP contribution in [0.4, 0.5) is 5.69 Å². The summed E-state index contributed by atoms with van der Waals surface area (Å²) in [6, 6.07) is 6.88. The highest BCUT2D eigenvalue weighted by molar-refractivity contribution is 5.94. The maximum Gasteiger partial charge on any atom is 0.241 e. The molecule has 1 aliphatic rings. The molecule has 0 saturated carbocycles. The molecule has 3 rings (SSSR count). The van der Waals surface area contributed by atoms with E-state index >= 15 is 0 Å². The predicted molar refractivity (Wildman–Crippen MR) is 81.5 cm³/mol. The highest BCUT2D eigenvalue weighted by atomic mass is 16.5. The quantitative estimate of drug-likeness (QED) is 0.877. The minimum atomic E-state index is -0.501. The summed E-state index contributed by atoms with van der Waals surface area (Å²) in [4.78, 5) is 12.2. The van der Waals surface area contributed by atoms with Crippen LogP contribution in [0.25, 0.3) is 5.69 Å². The zero-order valence-electron chi connectivity index (χ0n) is 12.2. The van der Waals surface area contributed by atoms with Gasteiger partial charge in [-0.2, -0.15) is 0 Å². The molecular formula is C15H19N5O2. The van der Waals surface area contributed by atoms with Crippen molar-refractivity contribution in [2.45, 2.75) is 18.9 Å². The first-order chi connectivity index (χ1) is 10.7. The summed E-state index contributed by atoms with van der Waals surface area (Å²) in [5.41, 5.74) is 7.65. The number of hydrogen-bond acceptors (Lipinski definition) is 5. The van der Waals surface area contributed by atoms with Gasteiger partial charge in [-0.3, -0.25) is 4.79 Å². The summed E-state index contributed by atoms with van der Waals surface area (Å²) in [6.07, 6.45) is 5.04. The molecule has 1 amide bonds. The second-order valence-corrected chi connectivity index (χ2v) is 5.36. The van der Waals surface area contributed by atoms with Gasteiger partial charge in [-0.05, 0) is 43.0 Å². The average molecular weight is 301 g/mol. The van der Waals surface area contributed by atoms with Gasteiger partial charge in [-0.25, -0.2) is 4.68 Å². The van der Waals surface area contributed by atoms with Crippen LogP contribution in [0.1, 0.15) is 12.8 Å². The van der Waals surface area contributed by atoms with Gasteiger partial charge in [0.15, 0.2) is 0 Å². The van der Waals surface area contributed by atoms with Crippen molar-refractivity contribution < 1.29 is 9.53 Å². The van der Waals surface area contributed by atoms with E-state index in [9.17, 15) is 4.79 Å². The molecule has 2 heterocycles. The normalized spacial score (nSPS) is 17.1. The van der Waals surface area contributed by atoms with E-state index in [1.165, 1.54) is 0 Å². The minimum Gasteiger partial charge on any atom is -0.381 e. The topological polar surface area (TPSA) is 95.1 Å². The van der Waals surface area contributed by atoms with Gasteiger partial charge >= 0.3 is 0 Å². The second-order valence-electron chi connectivity index (χ2n) is 5.36. The van der Waals surface area contributed by atoms with Crippen LogP contribution in [0.3, 0.4) is 0 Å². The number of nitrogens with one attached hydrogen (secondary N) is 1. The number of benzene rings is 1. The number of nitrogens with two attached hydrogens (primary N) is 1. The van der Waals surface area contributed by atoms with Crippen molar-refractivity contribution in [1.82, 2.24) is 15.0 Å². The van der Waals surface area contributed by atoms with Crippen molar-refractivity contribution in [3.63, 3.8) is 0 Å². The molecular weight excluding hydrogens is 282 g/mol. The lowest BCUT2D eigenvalue weighted by Gasteiger charge is -2.26. The highest BCUT2D eigenvalue weighted by Gasteiger charge is 2.26. The molecule has 22 heavy (non-hydrogen) atoms. The fourth-order valence-corrected chi connectivity index (χ4v) is 2.56. The van der Waals surface area contributed by atoms with Crippen molar-refractivity contribution in [2.75, 3.05) is 18.5 Å². The van der Waals surface area contributed by atoms with Crippen LogP contribution < -0.4 is 11.1 Å². The van der Waals surface area contributed by atoms with Crippen molar-refractivity contribution >= 4 is 11.6 Å². The van der Waals surface area contributed by atoms with Crippen LogP contribution in [-0.2, 0) is 9.53 Å². The number of ether oxygens (including phenoxy) is 1. The Morgan fingerprint density at radius 1 is 1.32 bits per heavy atom. The molecule has 1 aliphatic heterocycles. The lowest BCUT2D eigenvalue weighted by atomic mass is 9.92. The molecule has 0 aliphatic carbocycles. The Labute approximate surface area is 128 Å². The Hall–Kier alpha value is -2.25. The fraction of sp³-hybridized carbons (Fsp3) is 0.400. The lowest BCUT2D eigenvalue weighted by molar-refractivity contribution is -0.119. The molecule has 3 N–H and O–H groups in total. The maximum absolute atomic E-state index is 12.2. The van der Waals surface area contributed by atoms with Crippen LogP contribution >= 0.6 is 0 Å². The number of hydrogen-bond donors (Lipinski definition) is 2. The summed E-state index contributed by atoms with van der Waals surface area (Å²) in [6.45, 7) is 1.36. The number of carbonyl (C=O) groups excluding carboxylic acids is 1. The Morgan fingerprint density at radius 2 is 2.05 bits per heavy atom. The third kappa shape index (κ3) is 3.32. The Balaban J connectivity index is 1.61. The van der Waals surface area contributed by atoms with Gasteiger partial charge in [0.2, 0.25) is 5.91 Å². The molecule has 7 heteroatoms. The summed E-state index contributed by atoms with van der Waals surface area (Å²) < 4.78 is 6.95. The Morgan fingerprint density at radius 3 is 2.68 bits per heavy atom. The van der Waals surface area contributed by atoms with E-state index in [0.717, 1.165) is 24.2 Å². The van der Waals surface area contributed by atoms with Gasteiger partial charge in [-0.15, -0.1) is 5.10 Å². The standard InChI is InChI=1S/C15H19N5O2/c16-14(11-5-9-22-10-6-11)15(21)18-12-1-3-13(4-2-12)20-8-7-17-19-20/h1-4,7-8,11,14H,5-6,9-10,16H2,(H,18,21). The molecule has 0 bridgehead atoms. The molecule has 0 radical (unpaired) electrons. The molecule has 1 fully saturated rings. The molecule has 0 spiro atoms. The smallest absolute Gasteiger partial charge is 0.241 e. The zero-order valence-corrected chi connectivity index (χ0v) is 12.2. The largest absolute Gasteiger partial charge is 0.381 e. The molecule has 1 aromatic carbocycles. The van der Waals surface area contributed by atoms with Crippen molar-refractivity contribution in [3.8, 4) is 5.69 Å². The van der Waals surface area contributed by atoms with Gasteiger partial charge in [0, 0.05) is 18.9 Å². The third-order valence-corrected chi connectivity index (χ3v) is 3.90. The lowest BCUT2D eigenvalue weighted by Crippen LogP contribution is -2.43. The van der Waals surface area contributed by atoms with E-state index in [0.29, 0.717) is 13.2 Å². The monoisotopic (exact) mass is 301 g/mol. The molecule has 1 aromatic heterocycles. The molecule has 2 aromatic rings. The van der Waals surface area contributed by atoms with E-state index in [2.05, 4.69) is 15.6 Å². The van der Waals surface area contributed by atoms with Crippen LogP contribution in [0.5, 0.6) is 0 Å². The van der Waals surface area contributed by atoms with E-state index in [-0.39, 0.29) is 11.8 Å². The molecule has 1 unspecified atom stereocenters. The minimum absolute atomic E-state index is 0.152.